The first-order chi connectivity index (χ1) is 11.5. The second kappa shape index (κ2) is 7.24. The highest BCUT2D eigenvalue weighted by atomic mass is 35.5. The maximum Gasteiger partial charge on any atom is 0.254 e. The number of hydrogen-bond donors (Lipinski definition) is 1. The molecule has 124 valence electrons. The van der Waals surface area contributed by atoms with E-state index >= 15 is 0 Å². The fourth-order valence-electron chi connectivity index (χ4n) is 2.88. The van der Waals surface area contributed by atoms with Gasteiger partial charge < -0.3 is 10.2 Å². The third kappa shape index (κ3) is 3.71. The van der Waals surface area contributed by atoms with Crippen LogP contribution in [0.2, 0.25) is 10.0 Å². The van der Waals surface area contributed by atoms with Crippen molar-refractivity contribution < 1.29 is 9.59 Å². The number of hydrogen-bond acceptors (Lipinski definition) is 2. The third-order valence-electron chi connectivity index (χ3n) is 3.97. The Morgan fingerprint density at radius 1 is 1.04 bits per heavy atom. The highest BCUT2D eigenvalue weighted by Crippen LogP contribution is 2.25. The highest BCUT2D eigenvalue weighted by Gasteiger charge is 2.34. The van der Waals surface area contributed by atoms with E-state index in [0.29, 0.717) is 34.3 Å². The summed E-state index contributed by atoms with van der Waals surface area (Å²) < 4.78 is 0. The molecule has 24 heavy (non-hydrogen) atoms. The van der Waals surface area contributed by atoms with Crippen molar-refractivity contribution in [3.05, 3.63) is 64.1 Å². The molecule has 1 aliphatic rings. The summed E-state index contributed by atoms with van der Waals surface area (Å²) in [6.45, 7) is 0.572. The molecule has 1 N–H and O–H groups in total. The molecule has 2 aromatic rings. The number of benzene rings is 2. The van der Waals surface area contributed by atoms with Gasteiger partial charge in [0.25, 0.3) is 5.91 Å². The standard InChI is InChI=1S/C18H16Cl2N2O2/c19-13-9-14(20)11-15(10-13)21-17(23)16-7-4-8-22(16)18(24)12-5-2-1-3-6-12/h1-3,5-6,9-11,16H,4,7-8H2,(H,21,23). The Labute approximate surface area is 150 Å². The fraction of sp³-hybridized carbons (Fsp3) is 0.222. The molecular weight excluding hydrogens is 347 g/mol. The molecule has 0 bridgehead atoms. The van der Waals surface area contributed by atoms with E-state index in [4.69, 9.17) is 23.2 Å². The molecule has 1 unspecified atom stereocenters. The molecule has 0 spiro atoms. The number of halogens is 2. The first kappa shape index (κ1) is 16.8. The van der Waals surface area contributed by atoms with E-state index in [1.165, 1.54) is 0 Å². The molecule has 2 amide bonds. The third-order valence-corrected chi connectivity index (χ3v) is 4.40. The number of nitrogens with one attached hydrogen (secondary N) is 1. The molecule has 2 aromatic carbocycles. The van der Waals surface area contributed by atoms with Crippen molar-refractivity contribution in [2.24, 2.45) is 0 Å². The van der Waals surface area contributed by atoms with Crippen LogP contribution in [0, 0.1) is 0 Å². The van der Waals surface area contributed by atoms with Crippen LogP contribution in [0.3, 0.4) is 0 Å². The first-order valence-corrected chi connectivity index (χ1v) is 8.43. The van der Waals surface area contributed by atoms with Gasteiger partial charge in [0.15, 0.2) is 0 Å². The van der Waals surface area contributed by atoms with Crippen LogP contribution in [0.4, 0.5) is 5.69 Å². The van der Waals surface area contributed by atoms with Crippen LogP contribution in [0.5, 0.6) is 0 Å². The number of likely N-dealkylation sites (tertiary alicyclic amines) is 1. The van der Waals surface area contributed by atoms with Crippen LogP contribution < -0.4 is 5.32 Å². The molecule has 6 heteroatoms. The van der Waals surface area contributed by atoms with Crippen molar-refractivity contribution >= 4 is 40.7 Å². The van der Waals surface area contributed by atoms with Crippen LogP contribution in [0.15, 0.2) is 48.5 Å². The zero-order valence-electron chi connectivity index (χ0n) is 12.8. The van der Waals surface area contributed by atoms with Gasteiger partial charge in [-0.3, -0.25) is 9.59 Å². The molecule has 0 radical (unpaired) electrons. The second-order valence-corrected chi connectivity index (χ2v) is 6.54. The summed E-state index contributed by atoms with van der Waals surface area (Å²) in [6.07, 6.45) is 1.44. The van der Waals surface area contributed by atoms with Gasteiger partial charge in [-0.25, -0.2) is 0 Å². The number of anilines is 1. The van der Waals surface area contributed by atoms with Crippen LogP contribution in [0.25, 0.3) is 0 Å². The van der Waals surface area contributed by atoms with Gasteiger partial charge in [0, 0.05) is 27.8 Å². The van der Waals surface area contributed by atoms with Crippen molar-refractivity contribution in [2.45, 2.75) is 18.9 Å². The van der Waals surface area contributed by atoms with Crippen LogP contribution in [0.1, 0.15) is 23.2 Å². The quantitative estimate of drug-likeness (QED) is 0.887. The molecule has 1 heterocycles. The fourth-order valence-corrected chi connectivity index (χ4v) is 3.41. The number of amides is 2. The molecule has 3 rings (SSSR count). The van der Waals surface area contributed by atoms with Gasteiger partial charge in [-0.2, -0.15) is 0 Å². The Morgan fingerprint density at radius 3 is 2.38 bits per heavy atom. The van der Waals surface area contributed by atoms with E-state index in [2.05, 4.69) is 5.32 Å². The topological polar surface area (TPSA) is 49.4 Å². The van der Waals surface area contributed by atoms with E-state index in [0.717, 1.165) is 6.42 Å². The molecule has 4 nitrogen and oxygen atoms in total. The van der Waals surface area contributed by atoms with Gasteiger partial charge in [0.1, 0.15) is 6.04 Å². The summed E-state index contributed by atoms with van der Waals surface area (Å²) in [5, 5.41) is 3.69. The molecule has 0 saturated carbocycles. The summed E-state index contributed by atoms with van der Waals surface area (Å²) in [6, 6.07) is 13.4. The summed E-state index contributed by atoms with van der Waals surface area (Å²) in [7, 11) is 0. The van der Waals surface area contributed by atoms with E-state index in [9.17, 15) is 9.59 Å². The maximum absolute atomic E-state index is 12.6. The average molecular weight is 363 g/mol. The van der Waals surface area contributed by atoms with E-state index in [1.54, 1.807) is 35.2 Å². The lowest BCUT2D eigenvalue weighted by molar-refractivity contribution is -0.119. The normalized spacial score (nSPS) is 16.9. The molecule has 1 aliphatic heterocycles. The summed E-state index contributed by atoms with van der Waals surface area (Å²) in [4.78, 5) is 26.8. The molecule has 0 aliphatic carbocycles. The minimum atomic E-state index is -0.490. The Kier molecular flexibility index (Phi) is 5.07. The molecular formula is C18H16Cl2N2O2. The van der Waals surface area contributed by atoms with Gasteiger partial charge in [-0.1, -0.05) is 41.4 Å². The lowest BCUT2D eigenvalue weighted by atomic mass is 10.1. The summed E-state index contributed by atoms with van der Waals surface area (Å²) in [5.41, 5.74) is 1.11. The Bertz CT molecular complexity index is 745. The minimum absolute atomic E-state index is 0.127. The minimum Gasteiger partial charge on any atom is -0.327 e. The maximum atomic E-state index is 12.6. The van der Waals surface area contributed by atoms with E-state index in [1.807, 2.05) is 18.2 Å². The number of carbonyl (C=O) groups is 2. The van der Waals surface area contributed by atoms with Gasteiger partial charge in [0.05, 0.1) is 0 Å². The lowest BCUT2D eigenvalue weighted by Crippen LogP contribution is -2.43. The van der Waals surface area contributed by atoms with Crippen molar-refractivity contribution in [3.8, 4) is 0 Å². The van der Waals surface area contributed by atoms with Gasteiger partial charge >= 0.3 is 0 Å². The Hall–Kier alpha value is -2.04. The summed E-state index contributed by atoms with van der Waals surface area (Å²) in [5.74, 6) is -0.354. The van der Waals surface area contributed by atoms with Gasteiger partial charge in [-0.05, 0) is 43.2 Å². The average Bonchev–Trinajstić information content (AvgIpc) is 3.03. The largest absolute Gasteiger partial charge is 0.327 e. The van der Waals surface area contributed by atoms with Gasteiger partial charge in [-0.15, -0.1) is 0 Å². The number of nitrogens with zero attached hydrogens (tertiary/aromatic N) is 1. The first-order valence-electron chi connectivity index (χ1n) is 7.67. The lowest BCUT2D eigenvalue weighted by Gasteiger charge is -2.24. The summed E-state index contributed by atoms with van der Waals surface area (Å²) >= 11 is 11.9. The molecule has 0 aromatic heterocycles. The molecule has 1 atom stereocenters. The SMILES string of the molecule is O=C(Nc1cc(Cl)cc(Cl)c1)C1CCCN1C(=O)c1ccccc1. The highest BCUT2D eigenvalue weighted by molar-refractivity contribution is 6.35. The van der Waals surface area contributed by atoms with Crippen molar-refractivity contribution in [1.29, 1.82) is 0 Å². The van der Waals surface area contributed by atoms with Crippen molar-refractivity contribution in [3.63, 3.8) is 0 Å². The van der Waals surface area contributed by atoms with Crippen molar-refractivity contribution in [1.82, 2.24) is 4.90 Å². The monoisotopic (exact) mass is 362 g/mol. The van der Waals surface area contributed by atoms with Crippen LogP contribution in [-0.2, 0) is 4.79 Å². The van der Waals surface area contributed by atoms with E-state index < -0.39 is 6.04 Å². The van der Waals surface area contributed by atoms with Crippen LogP contribution in [-0.4, -0.2) is 29.3 Å². The van der Waals surface area contributed by atoms with Gasteiger partial charge in [0.2, 0.25) is 5.91 Å². The predicted octanol–water partition coefficient (Wildman–Crippen LogP) is 4.24. The second-order valence-electron chi connectivity index (χ2n) is 5.67. The number of carbonyl (C=O) groups excluding carboxylic acids is 2. The smallest absolute Gasteiger partial charge is 0.254 e. The Morgan fingerprint density at radius 2 is 1.71 bits per heavy atom. The van der Waals surface area contributed by atoms with Crippen molar-refractivity contribution in [2.75, 3.05) is 11.9 Å². The predicted molar refractivity (Wildman–Crippen MR) is 95.6 cm³/mol. The number of rotatable bonds is 3. The zero-order chi connectivity index (χ0) is 17.1. The Balaban J connectivity index is 1.75. The molecule has 1 fully saturated rings. The van der Waals surface area contributed by atoms with E-state index in [-0.39, 0.29) is 11.8 Å². The van der Waals surface area contributed by atoms with Crippen LogP contribution >= 0.6 is 23.2 Å². The zero-order valence-corrected chi connectivity index (χ0v) is 14.3. The molecule has 1 saturated heterocycles.